The molecule has 0 saturated carbocycles. The first-order chi connectivity index (χ1) is 17.5. The van der Waals surface area contributed by atoms with Crippen LogP contribution in [0.1, 0.15) is 19.4 Å². The van der Waals surface area contributed by atoms with Gasteiger partial charge in [0.25, 0.3) is 0 Å². The lowest BCUT2D eigenvalue weighted by Crippen LogP contribution is -2.52. The molecule has 1 unspecified atom stereocenters. The van der Waals surface area contributed by atoms with Crippen LogP contribution in [0.2, 0.25) is 0 Å². The van der Waals surface area contributed by atoms with Crippen molar-refractivity contribution >= 4 is 45.8 Å². The largest absolute Gasteiger partial charge is 0.450 e. The van der Waals surface area contributed by atoms with Crippen LogP contribution in [0.15, 0.2) is 59.8 Å². The topological polar surface area (TPSA) is 93.5 Å². The van der Waals surface area contributed by atoms with Crippen LogP contribution in [0.5, 0.6) is 0 Å². The van der Waals surface area contributed by atoms with Crippen molar-refractivity contribution in [3.63, 3.8) is 0 Å². The molecule has 2 amide bonds. The summed E-state index contributed by atoms with van der Waals surface area (Å²) in [5.41, 5.74) is 3.71. The smallest absolute Gasteiger partial charge is 0.409 e. The third-order valence-corrected chi connectivity index (χ3v) is 7.22. The Labute approximate surface area is 213 Å². The number of nitrogens with zero attached hydrogens (tertiary/aromatic N) is 6. The lowest BCUT2D eigenvalue weighted by atomic mass is 10.2. The van der Waals surface area contributed by atoms with Crippen LogP contribution in [-0.2, 0) is 16.1 Å². The Morgan fingerprint density at radius 1 is 0.972 bits per heavy atom. The van der Waals surface area contributed by atoms with E-state index in [1.807, 2.05) is 43.3 Å². The van der Waals surface area contributed by atoms with Gasteiger partial charge in [0.05, 0.1) is 17.4 Å². The molecule has 9 nitrogen and oxygen atoms in total. The molecule has 1 atom stereocenters. The number of piperazine rings is 1. The number of aromatic nitrogens is 4. The van der Waals surface area contributed by atoms with Gasteiger partial charge < -0.3 is 19.1 Å². The minimum atomic E-state index is -0.384. The third kappa shape index (κ3) is 4.86. The molecule has 0 radical (unpaired) electrons. The maximum Gasteiger partial charge on any atom is 0.409 e. The summed E-state index contributed by atoms with van der Waals surface area (Å²) in [7, 11) is 0. The molecule has 0 spiro atoms. The summed E-state index contributed by atoms with van der Waals surface area (Å²) in [6, 6.07) is 18.3. The molecule has 186 valence electrons. The number of ether oxygens (including phenoxy) is 1. The van der Waals surface area contributed by atoms with Crippen molar-refractivity contribution in [2.24, 2.45) is 0 Å². The number of hydrogen-bond acceptors (Lipinski definition) is 7. The summed E-state index contributed by atoms with van der Waals surface area (Å²) in [5.74, 6) is -0.00275. The van der Waals surface area contributed by atoms with Gasteiger partial charge in [-0.1, -0.05) is 60.3 Å². The molecule has 1 fully saturated rings. The quantitative estimate of drug-likeness (QED) is 0.369. The van der Waals surface area contributed by atoms with Crippen LogP contribution in [0, 0.1) is 0 Å². The summed E-state index contributed by atoms with van der Waals surface area (Å²) < 4.78 is 7.21. The summed E-state index contributed by atoms with van der Waals surface area (Å²) >= 11 is 1.31. The normalized spacial score (nSPS) is 14.8. The number of carbonyl (C=O) groups excluding carboxylic acids is 2. The Kier molecular flexibility index (Phi) is 7.04. The van der Waals surface area contributed by atoms with Crippen molar-refractivity contribution in [1.82, 2.24) is 29.5 Å². The number of hydrogen-bond donors (Lipinski definition) is 0. The Morgan fingerprint density at radius 3 is 2.42 bits per heavy atom. The van der Waals surface area contributed by atoms with Gasteiger partial charge in [-0.2, -0.15) is 0 Å². The van der Waals surface area contributed by atoms with Gasteiger partial charge in [-0.15, -0.1) is 10.2 Å². The maximum absolute atomic E-state index is 13.1. The molecule has 0 aliphatic carbocycles. The molecule has 2 aromatic heterocycles. The van der Waals surface area contributed by atoms with Crippen molar-refractivity contribution < 1.29 is 14.3 Å². The fraction of sp³-hybridized carbons (Fsp3) is 0.346. The first-order valence-electron chi connectivity index (χ1n) is 12.1. The number of para-hydroxylation sites is 1. The number of amides is 2. The summed E-state index contributed by atoms with van der Waals surface area (Å²) in [4.78, 5) is 33.3. The van der Waals surface area contributed by atoms with Gasteiger partial charge in [0.15, 0.2) is 5.65 Å². The van der Waals surface area contributed by atoms with Crippen LogP contribution in [0.4, 0.5) is 4.79 Å². The Morgan fingerprint density at radius 2 is 1.67 bits per heavy atom. The van der Waals surface area contributed by atoms with Crippen molar-refractivity contribution in [3.8, 4) is 0 Å². The summed E-state index contributed by atoms with van der Waals surface area (Å²) in [5, 5.41) is 9.94. The standard InChI is InChI=1S/C26H28N6O3S/c1-3-35-26(34)31-15-13-30(14-16-31)24(33)18(2)36-25-27-23-22(28-29-25)20-11-7-8-12-21(20)32(23)17-19-9-5-4-6-10-19/h4-12,18H,3,13-17H2,1-2H3. The van der Waals surface area contributed by atoms with E-state index in [1.54, 1.807) is 16.7 Å². The highest BCUT2D eigenvalue weighted by molar-refractivity contribution is 8.00. The maximum atomic E-state index is 13.1. The van der Waals surface area contributed by atoms with Gasteiger partial charge in [-0.3, -0.25) is 4.79 Å². The molecule has 0 N–H and O–H groups in total. The second-order valence-corrected chi connectivity index (χ2v) is 9.93. The monoisotopic (exact) mass is 504 g/mol. The molecule has 3 heterocycles. The fourth-order valence-electron chi connectivity index (χ4n) is 4.46. The minimum Gasteiger partial charge on any atom is -0.450 e. The van der Waals surface area contributed by atoms with E-state index in [1.165, 1.54) is 17.3 Å². The Bertz CT molecular complexity index is 1380. The van der Waals surface area contributed by atoms with Gasteiger partial charge in [-0.05, 0) is 25.5 Å². The third-order valence-electron chi connectivity index (χ3n) is 6.29. The first-order valence-corrected chi connectivity index (χ1v) is 13.0. The fourth-order valence-corrected chi connectivity index (χ4v) is 5.25. The Balaban J connectivity index is 1.34. The van der Waals surface area contributed by atoms with E-state index in [4.69, 9.17) is 9.72 Å². The van der Waals surface area contributed by atoms with Crippen LogP contribution < -0.4 is 0 Å². The van der Waals surface area contributed by atoms with Crippen molar-refractivity contribution in [2.45, 2.75) is 30.8 Å². The van der Waals surface area contributed by atoms with E-state index < -0.39 is 0 Å². The highest BCUT2D eigenvalue weighted by Crippen LogP contribution is 2.29. The SMILES string of the molecule is CCOC(=O)N1CCN(C(=O)C(C)Sc2nnc3c4ccccc4n(Cc4ccccc4)c3n2)CC1. The molecule has 1 aliphatic heterocycles. The molecule has 1 aliphatic rings. The number of carbonyl (C=O) groups is 2. The second-order valence-electron chi connectivity index (χ2n) is 8.63. The van der Waals surface area contributed by atoms with Crippen LogP contribution in [0.3, 0.4) is 0 Å². The Hall–Kier alpha value is -3.66. The van der Waals surface area contributed by atoms with Gasteiger partial charge in [0.1, 0.15) is 5.52 Å². The highest BCUT2D eigenvalue weighted by Gasteiger charge is 2.28. The molecular formula is C26H28N6O3S. The predicted molar refractivity (Wildman–Crippen MR) is 139 cm³/mol. The molecule has 2 aromatic carbocycles. The van der Waals surface area contributed by atoms with E-state index in [0.717, 1.165) is 22.1 Å². The zero-order chi connectivity index (χ0) is 25.1. The summed E-state index contributed by atoms with van der Waals surface area (Å²) in [6.45, 7) is 6.53. The zero-order valence-electron chi connectivity index (χ0n) is 20.3. The average molecular weight is 505 g/mol. The van der Waals surface area contributed by atoms with Crippen LogP contribution in [0.25, 0.3) is 22.1 Å². The van der Waals surface area contributed by atoms with E-state index in [0.29, 0.717) is 44.5 Å². The molecule has 10 heteroatoms. The minimum absolute atomic E-state index is 0.00275. The van der Waals surface area contributed by atoms with Crippen molar-refractivity contribution in [2.75, 3.05) is 32.8 Å². The van der Waals surface area contributed by atoms with E-state index in [2.05, 4.69) is 33.0 Å². The first kappa shape index (κ1) is 24.1. The number of benzene rings is 2. The second kappa shape index (κ2) is 10.5. The average Bonchev–Trinajstić information content (AvgIpc) is 3.22. The number of rotatable bonds is 6. The van der Waals surface area contributed by atoms with Gasteiger partial charge in [0, 0.05) is 38.1 Å². The van der Waals surface area contributed by atoms with E-state index >= 15 is 0 Å². The lowest BCUT2D eigenvalue weighted by Gasteiger charge is -2.35. The van der Waals surface area contributed by atoms with Crippen LogP contribution in [-0.4, -0.2) is 79.6 Å². The lowest BCUT2D eigenvalue weighted by molar-refractivity contribution is -0.131. The van der Waals surface area contributed by atoms with Crippen molar-refractivity contribution in [3.05, 3.63) is 60.2 Å². The molecule has 1 saturated heterocycles. The van der Waals surface area contributed by atoms with E-state index in [9.17, 15) is 9.59 Å². The van der Waals surface area contributed by atoms with Crippen LogP contribution >= 0.6 is 11.8 Å². The number of fused-ring (bicyclic) bond motifs is 3. The predicted octanol–water partition coefficient (Wildman–Crippen LogP) is 3.81. The number of thioether (sulfide) groups is 1. The summed E-state index contributed by atoms with van der Waals surface area (Å²) in [6.07, 6.45) is -0.328. The molecule has 4 aromatic rings. The molecule has 36 heavy (non-hydrogen) atoms. The van der Waals surface area contributed by atoms with Gasteiger partial charge in [0.2, 0.25) is 11.1 Å². The van der Waals surface area contributed by atoms with E-state index in [-0.39, 0.29) is 17.3 Å². The van der Waals surface area contributed by atoms with Gasteiger partial charge >= 0.3 is 6.09 Å². The van der Waals surface area contributed by atoms with Gasteiger partial charge in [-0.25, -0.2) is 9.78 Å². The molecule has 0 bridgehead atoms. The molecular weight excluding hydrogens is 476 g/mol. The van der Waals surface area contributed by atoms with Crippen molar-refractivity contribution in [1.29, 1.82) is 0 Å². The zero-order valence-corrected chi connectivity index (χ0v) is 21.1. The highest BCUT2D eigenvalue weighted by atomic mass is 32.2. The molecule has 5 rings (SSSR count).